The third-order valence-electron chi connectivity index (χ3n) is 2.78. The van der Waals surface area contributed by atoms with Gasteiger partial charge in [-0.1, -0.05) is 28.1 Å². The molecule has 0 aliphatic rings. The third kappa shape index (κ3) is 3.48. The second-order valence-electron chi connectivity index (χ2n) is 4.27. The number of rotatable bonds is 5. The van der Waals surface area contributed by atoms with Crippen molar-refractivity contribution in [2.24, 2.45) is 0 Å². The lowest BCUT2D eigenvalue weighted by Gasteiger charge is -2.16. The van der Waals surface area contributed by atoms with E-state index in [0.29, 0.717) is 11.4 Å². The van der Waals surface area contributed by atoms with Crippen LogP contribution in [0.5, 0.6) is 0 Å². The molecule has 7 heteroatoms. The number of hydrogen-bond donors (Lipinski definition) is 1. The summed E-state index contributed by atoms with van der Waals surface area (Å²) in [5.74, 6) is 0. The average Bonchev–Trinajstić information content (AvgIpc) is 2.90. The molecule has 1 aromatic heterocycles. The van der Waals surface area contributed by atoms with E-state index in [4.69, 9.17) is 5.11 Å². The molecule has 0 bridgehead atoms. The Labute approximate surface area is 130 Å². The highest BCUT2D eigenvalue weighted by Gasteiger charge is 2.22. The largest absolute Gasteiger partial charge is 0.391 e. The van der Waals surface area contributed by atoms with E-state index in [1.54, 1.807) is 13.1 Å². The van der Waals surface area contributed by atoms with E-state index < -0.39 is 10.0 Å². The van der Waals surface area contributed by atoms with E-state index >= 15 is 0 Å². The molecule has 1 N–H and O–H groups in total. The Kier molecular flexibility index (Phi) is 4.98. The third-order valence-corrected chi connectivity index (χ3v) is 6.65. The summed E-state index contributed by atoms with van der Waals surface area (Å²) in [6, 6.07) is 10.7. The van der Waals surface area contributed by atoms with Crippen molar-refractivity contribution >= 4 is 37.3 Å². The van der Waals surface area contributed by atoms with E-state index in [-0.39, 0.29) is 10.8 Å². The van der Waals surface area contributed by atoms with Crippen molar-refractivity contribution in [2.45, 2.75) is 17.4 Å². The van der Waals surface area contributed by atoms with Gasteiger partial charge in [-0.2, -0.15) is 4.31 Å². The van der Waals surface area contributed by atoms with Gasteiger partial charge in [0.15, 0.2) is 0 Å². The first-order chi connectivity index (χ1) is 9.43. The number of nitrogens with zero attached hydrogens (tertiary/aromatic N) is 1. The molecule has 4 nitrogen and oxygen atoms in total. The lowest BCUT2D eigenvalue weighted by Crippen LogP contribution is -2.25. The van der Waals surface area contributed by atoms with Crippen LogP contribution < -0.4 is 0 Å². The van der Waals surface area contributed by atoms with Crippen LogP contribution in [0, 0.1) is 0 Å². The smallest absolute Gasteiger partial charge is 0.252 e. The molecule has 0 amide bonds. The first kappa shape index (κ1) is 15.7. The molecule has 1 aromatic carbocycles. The Hall–Kier alpha value is -0.730. The van der Waals surface area contributed by atoms with Gasteiger partial charge in [-0.25, -0.2) is 8.42 Å². The van der Waals surface area contributed by atoms with Crippen LogP contribution in [0.25, 0.3) is 0 Å². The van der Waals surface area contributed by atoms with Gasteiger partial charge in [0.2, 0.25) is 0 Å². The minimum Gasteiger partial charge on any atom is -0.391 e. The normalized spacial score (nSPS) is 12.0. The van der Waals surface area contributed by atoms with E-state index in [0.717, 1.165) is 21.4 Å². The van der Waals surface area contributed by atoms with E-state index in [2.05, 4.69) is 15.9 Å². The molecule has 0 aliphatic carbocycles. The molecule has 0 unspecified atom stereocenters. The summed E-state index contributed by atoms with van der Waals surface area (Å²) in [6.07, 6.45) is 0. The van der Waals surface area contributed by atoms with Gasteiger partial charge >= 0.3 is 0 Å². The van der Waals surface area contributed by atoms with Gasteiger partial charge < -0.3 is 5.11 Å². The molecular weight excluding hydrogens is 362 g/mol. The van der Waals surface area contributed by atoms with Crippen LogP contribution in [0.1, 0.15) is 10.4 Å². The Balaban J connectivity index is 2.18. The second kappa shape index (κ2) is 6.36. The monoisotopic (exact) mass is 375 g/mol. The predicted molar refractivity (Wildman–Crippen MR) is 83.0 cm³/mol. The lowest BCUT2D eigenvalue weighted by molar-refractivity contribution is 0.285. The summed E-state index contributed by atoms with van der Waals surface area (Å²) in [7, 11) is -1.96. The molecule has 0 saturated carbocycles. The Morgan fingerprint density at radius 3 is 2.40 bits per heavy atom. The number of aliphatic hydroxyl groups is 1. The number of hydrogen-bond acceptors (Lipinski definition) is 4. The van der Waals surface area contributed by atoms with Gasteiger partial charge in [0, 0.05) is 22.9 Å². The summed E-state index contributed by atoms with van der Waals surface area (Å²) < 4.78 is 27.3. The minimum atomic E-state index is -3.51. The Bertz CT molecular complexity index is 680. The fraction of sp³-hybridized carbons (Fsp3) is 0.231. The van der Waals surface area contributed by atoms with Crippen molar-refractivity contribution in [1.29, 1.82) is 0 Å². The summed E-state index contributed by atoms with van der Waals surface area (Å²) in [5.41, 5.74) is 0.915. The molecule has 1 heterocycles. The predicted octanol–water partition coefficient (Wildman–Crippen LogP) is 2.82. The minimum absolute atomic E-state index is 0.142. The molecule has 2 aromatic rings. The fourth-order valence-electron chi connectivity index (χ4n) is 1.67. The van der Waals surface area contributed by atoms with Crippen molar-refractivity contribution in [3.05, 3.63) is 51.3 Å². The van der Waals surface area contributed by atoms with Crippen LogP contribution in [-0.2, 0) is 23.2 Å². The highest BCUT2D eigenvalue weighted by atomic mass is 79.9. The topological polar surface area (TPSA) is 57.6 Å². The van der Waals surface area contributed by atoms with Crippen molar-refractivity contribution in [1.82, 2.24) is 4.31 Å². The first-order valence-corrected chi connectivity index (χ1v) is 8.89. The molecule has 2 rings (SSSR count). The Morgan fingerprint density at radius 1 is 1.20 bits per heavy atom. The summed E-state index contributed by atoms with van der Waals surface area (Å²) in [6.45, 7) is 0.165. The molecule has 0 radical (unpaired) electrons. The number of thiophene rings is 1. The van der Waals surface area contributed by atoms with Crippen LogP contribution in [0.4, 0.5) is 0 Å². The summed E-state index contributed by atoms with van der Waals surface area (Å²) >= 11 is 4.44. The summed E-state index contributed by atoms with van der Waals surface area (Å²) in [5, 5.41) is 9.01. The zero-order valence-electron chi connectivity index (χ0n) is 10.8. The van der Waals surface area contributed by atoms with Gasteiger partial charge in [-0.05, 0) is 29.8 Å². The molecule has 0 spiro atoms. The Morgan fingerprint density at radius 2 is 1.85 bits per heavy atom. The van der Waals surface area contributed by atoms with Gasteiger partial charge in [0.05, 0.1) is 6.61 Å². The van der Waals surface area contributed by atoms with Crippen LogP contribution in [0.15, 0.2) is 45.1 Å². The molecule has 0 atom stereocenters. The SMILES string of the molecule is CN(Cc1ccc(Br)cc1)S(=O)(=O)c1ccc(CO)s1. The number of aliphatic hydroxyl groups excluding tert-OH is 1. The lowest BCUT2D eigenvalue weighted by atomic mass is 10.2. The van der Waals surface area contributed by atoms with Crippen molar-refractivity contribution in [3.8, 4) is 0 Å². The number of benzene rings is 1. The van der Waals surface area contributed by atoms with Crippen molar-refractivity contribution < 1.29 is 13.5 Å². The summed E-state index contributed by atoms with van der Waals surface area (Å²) in [4.78, 5) is 0.639. The van der Waals surface area contributed by atoms with E-state index in [9.17, 15) is 8.42 Å². The number of sulfonamides is 1. The maximum absolute atomic E-state index is 12.4. The van der Waals surface area contributed by atoms with Gasteiger partial charge in [0.25, 0.3) is 10.0 Å². The van der Waals surface area contributed by atoms with Gasteiger partial charge in [-0.3, -0.25) is 0 Å². The highest BCUT2D eigenvalue weighted by molar-refractivity contribution is 9.10. The van der Waals surface area contributed by atoms with Crippen LogP contribution in [0.3, 0.4) is 0 Å². The average molecular weight is 376 g/mol. The molecule has 0 aliphatic heterocycles. The molecule has 0 saturated heterocycles. The maximum atomic E-state index is 12.4. The van der Waals surface area contributed by atoms with Crippen LogP contribution >= 0.6 is 27.3 Å². The zero-order chi connectivity index (χ0) is 14.8. The number of halogens is 1. The maximum Gasteiger partial charge on any atom is 0.252 e. The second-order valence-corrected chi connectivity index (χ2v) is 8.62. The van der Waals surface area contributed by atoms with Crippen LogP contribution in [0.2, 0.25) is 0 Å². The molecular formula is C13H14BrNO3S2. The molecule has 0 fully saturated rings. The zero-order valence-corrected chi connectivity index (χ0v) is 14.0. The van der Waals surface area contributed by atoms with Gasteiger partial charge in [0.1, 0.15) is 4.21 Å². The van der Waals surface area contributed by atoms with Crippen molar-refractivity contribution in [3.63, 3.8) is 0 Å². The van der Waals surface area contributed by atoms with Crippen molar-refractivity contribution in [2.75, 3.05) is 7.05 Å². The molecule has 108 valence electrons. The highest BCUT2D eigenvalue weighted by Crippen LogP contribution is 2.25. The quantitative estimate of drug-likeness (QED) is 0.873. The van der Waals surface area contributed by atoms with E-state index in [1.807, 2.05) is 24.3 Å². The first-order valence-electron chi connectivity index (χ1n) is 5.84. The fourth-order valence-corrected chi connectivity index (χ4v) is 4.52. The standard InChI is InChI=1S/C13H14BrNO3S2/c1-15(8-10-2-4-11(14)5-3-10)20(17,18)13-7-6-12(9-16)19-13/h2-7,16H,8-9H2,1H3. The molecule has 20 heavy (non-hydrogen) atoms. The van der Waals surface area contributed by atoms with Crippen LogP contribution in [-0.4, -0.2) is 24.9 Å². The van der Waals surface area contributed by atoms with Gasteiger partial charge in [-0.15, -0.1) is 11.3 Å². The van der Waals surface area contributed by atoms with E-state index in [1.165, 1.54) is 10.4 Å².